The Balaban J connectivity index is 1.80. The summed E-state index contributed by atoms with van der Waals surface area (Å²) in [6.07, 6.45) is 4.90. The van der Waals surface area contributed by atoms with Crippen molar-refractivity contribution >= 4 is 21.8 Å². The number of rotatable bonds is 1. The van der Waals surface area contributed by atoms with Crippen molar-refractivity contribution in [3.05, 3.63) is 28.0 Å². The summed E-state index contributed by atoms with van der Waals surface area (Å²) in [6.45, 7) is 1.54. The van der Waals surface area contributed by atoms with E-state index < -0.39 is 0 Å². The van der Waals surface area contributed by atoms with Crippen LogP contribution in [0.2, 0.25) is 0 Å². The smallest absolute Gasteiger partial charge is 0.226 e. The zero-order chi connectivity index (χ0) is 11.1. The second kappa shape index (κ2) is 3.84. The molecular formula is C12H13BrN2O. The van der Waals surface area contributed by atoms with Crippen molar-refractivity contribution in [1.82, 2.24) is 9.88 Å². The lowest BCUT2D eigenvalue weighted by Crippen LogP contribution is -2.37. The highest BCUT2D eigenvalue weighted by molar-refractivity contribution is 9.10. The first-order valence-electron chi connectivity index (χ1n) is 5.66. The van der Waals surface area contributed by atoms with Crippen LogP contribution in [0.15, 0.2) is 16.7 Å². The van der Waals surface area contributed by atoms with Crippen molar-refractivity contribution in [1.29, 1.82) is 0 Å². The third-order valence-corrected chi connectivity index (χ3v) is 3.69. The van der Waals surface area contributed by atoms with Crippen LogP contribution in [0.3, 0.4) is 0 Å². The van der Waals surface area contributed by atoms with Crippen molar-refractivity contribution < 1.29 is 4.79 Å². The SMILES string of the molecule is O=C(C1CC1)N1CCc2cc(Br)cnc2C1. The number of amides is 1. The van der Waals surface area contributed by atoms with Gasteiger partial charge in [0.1, 0.15) is 0 Å². The molecular weight excluding hydrogens is 268 g/mol. The molecule has 4 heteroatoms. The molecule has 0 aromatic carbocycles. The van der Waals surface area contributed by atoms with E-state index in [1.54, 1.807) is 0 Å². The first kappa shape index (κ1) is 10.3. The predicted molar refractivity (Wildman–Crippen MR) is 63.8 cm³/mol. The van der Waals surface area contributed by atoms with Gasteiger partial charge in [0, 0.05) is 23.1 Å². The lowest BCUT2D eigenvalue weighted by atomic mass is 10.0. The lowest BCUT2D eigenvalue weighted by molar-refractivity contribution is -0.133. The molecule has 1 aliphatic heterocycles. The Morgan fingerprint density at radius 2 is 2.31 bits per heavy atom. The van der Waals surface area contributed by atoms with Gasteiger partial charge in [-0.15, -0.1) is 0 Å². The lowest BCUT2D eigenvalue weighted by Gasteiger charge is -2.28. The Morgan fingerprint density at radius 1 is 1.50 bits per heavy atom. The fraction of sp³-hybridized carbons (Fsp3) is 0.500. The standard InChI is InChI=1S/C12H13BrN2O/c13-10-5-9-3-4-15(7-11(9)14-6-10)12(16)8-1-2-8/h5-6,8H,1-4,7H2. The Bertz CT molecular complexity index is 443. The fourth-order valence-corrected chi connectivity index (χ4v) is 2.54. The Kier molecular flexibility index (Phi) is 2.46. The van der Waals surface area contributed by atoms with E-state index in [9.17, 15) is 4.79 Å². The van der Waals surface area contributed by atoms with Gasteiger partial charge >= 0.3 is 0 Å². The van der Waals surface area contributed by atoms with Gasteiger partial charge in [0.15, 0.2) is 0 Å². The van der Waals surface area contributed by atoms with E-state index >= 15 is 0 Å². The number of carbonyl (C=O) groups is 1. The highest BCUT2D eigenvalue weighted by Gasteiger charge is 2.34. The van der Waals surface area contributed by atoms with Gasteiger partial charge in [-0.05, 0) is 46.8 Å². The van der Waals surface area contributed by atoms with Crippen molar-refractivity contribution in [3.63, 3.8) is 0 Å². The van der Waals surface area contributed by atoms with Gasteiger partial charge in [-0.3, -0.25) is 9.78 Å². The molecule has 1 fully saturated rings. The molecule has 3 nitrogen and oxygen atoms in total. The fourth-order valence-electron chi connectivity index (χ4n) is 2.16. The van der Waals surface area contributed by atoms with Gasteiger partial charge in [0.25, 0.3) is 0 Å². The average Bonchev–Trinajstić information content (AvgIpc) is 3.11. The summed E-state index contributed by atoms with van der Waals surface area (Å²) in [6, 6.07) is 2.11. The van der Waals surface area contributed by atoms with Crippen LogP contribution in [0.4, 0.5) is 0 Å². The maximum Gasteiger partial charge on any atom is 0.226 e. The van der Waals surface area contributed by atoms with Crippen molar-refractivity contribution in [2.75, 3.05) is 6.54 Å². The monoisotopic (exact) mass is 280 g/mol. The highest BCUT2D eigenvalue weighted by Crippen LogP contribution is 2.32. The first-order chi connectivity index (χ1) is 7.74. The predicted octanol–water partition coefficient (Wildman–Crippen LogP) is 2.14. The molecule has 1 amide bonds. The molecule has 1 saturated carbocycles. The molecule has 0 saturated heterocycles. The van der Waals surface area contributed by atoms with Gasteiger partial charge in [-0.25, -0.2) is 0 Å². The minimum atomic E-state index is 0.317. The molecule has 2 heterocycles. The summed E-state index contributed by atoms with van der Waals surface area (Å²) in [5.41, 5.74) is 2.33. The summed E-state index contributed by atoms with van der Waals surface area (Å²) >= 11 is 3.42. The highest BCUT2D eigenvalue weighted by atomic mass is 79.9. The molecule has 1 aromatic heterocycles. The molecule has 0 atom stereocenters. The molecule has 3 rings (SSSR count). The van der Waals surface area contributed by atoms with E-state index in [0.717, 1.165) is 36.0 Å². The summed E-state index contributed by atoms with van der Waals surface area (Å²) in [4.78, 5) is 18.3. The van der Waals surface area contributed by atoms with E-state index in [-0.39, 0.29) is 0 Å². The quantitative estimate of drug-likeness (QED) is 0.790. The minimum absolute atomic E-state index is 0.317. The molecule has 0 unspecified atom stereocenters. The largest absolute Gasteiger partial charge is 0.336 e. The molecule has 84 valence electrons. The van der Waals surface area contributed by atoms with Crippen LogP contribution in [0.1, 0.15) is 24.1 Å². The van der Waals surface area contributed by atoms with Crippen molar-refractivity contribution in [3.8, 4) is 0 Å². The number of pyridine rings is 1. The molecule has 0 spiro atoms. The maximum atomic E-state index is 11.9. The van der Waals surface area contributed by atoms with Crippen LogP contribution in [0.5, 0.6) is 0 Å². The van der Waals surface area contributed by atoms with Gasteiger partial charge in [-0.2, -0.15) is 0 Å². The number of halogens is 1. The van der Waals surface area contributed by atoms with Crippen LogP contribution in [0, 0.1) is 5.92 Å². The Morgan fingerprint density at radius 3 is 3.06 bits per heavy atom. The number of fused-ring (bicyclic) bond motifs is 1. The summed E-state index contributed by atoms with van der Waals surface area (Å²) in [5.74, 6) is 0.646. The van der Waals surface area contributed by atoms with E-state index in [4.69, 9.17) is 0 Å². The molecule has 1 aromatic rings. The molecule has 0 N–H and O–H groups in total. The zero-order valence-corrected chi connectivity index (χ0v) is 10.5. The zero-order valence-electron chi connectivity index (χ0n) is 8.95. The molecule has 0 bridgehead atoms. The third-order valence-electron chi connectivity index (χ3n) is 3.26. The molecule has 1 aliphatic carbocycles. The number of hydrogen-bond acceptors (Lipinski definition) is 2. The molecule has 2 aliphatic rings. The first-order valence-corrected chi connectivity index (χ1v) is 6.45. The second-order valence-electron chi connectivity index (χ2n) is 4.54. The summed E-state index contributed by atoms with van der Waals surface area (Å²) in [7, 11) is 0. The average molecular weight is 281 g/mol. The third kappa shape index (κ3) is 1.86. The minimum Gasteiger partial charge on any atom is -0.336 e. The van der Waals surface area contributed by atoms with Crippen LogP contribution in [0.25, 0.3) is 0 Å². The van der Waals surface area contributed by atoms with Crippen LogP contribution in [-0.4, -0.2) is 22.3 Å². The van der Waals surface area contributed by atoms with Gasteiger partial charge in [0.05, 0.1) is 12.2 Å². The second-order valence-corrected chi connectivity index (χ2v) is 5.46. The number of carbonyl (C=O) groups excluding carboxylic acids is 1. The van der Waals surface area contributed by atoms with Crippen LogP contribution >= 0.6 is 15.9 Å². The summed E-state index contributed by atoms with van der Waals surface area (Å²) in [5, 5.41) is 0. The Labute approximate surface area is 103 Å². The normalized spacial score (nSPS) is 19.4. The summed E-state index contributed by atoms with van der Waals surface area (Å²) < 4.78 is 1.02. The van der Waals surface area contributed by atoms with E-state index in [1.807, 2.05) is 11.1 Å². The van der Waals surface area contributed by atoms with Crippen molar-refractivity contribution in [2.24, 2.45) is 5.92 Å². The number of aromatic nitrogens is 1. The molecule has 16 heavy (non-hydrogen) atoms. The van der Waals surface area contributed by atoms with E-state index in [1.165, 1.54) is 5.56 Å². The van der Waals surface area contributed by atoms with Gasteiger partial charge in [0.2, 0.25) is 5.91 Å². The van der Waals surface area contributed by atoms with Crippen LogP contribution < -0.4 is 0 Å². The van der Waals surface area contributed by atoms with Gasteiger partial charge < -0.3 is 4.90 Å². The topological polar surface area (TPSA) is 33.2 Å². The number of hydrogen-bond donors (Lipinski definition) is 0. The Hall–Kier alpha value is -0.900. The number of nitrogens with zero attached hydrogens (tertiary/aromatic N) is 2. The van der Waals surface area contributed by atoms with E-state index in [0.29, 0.717) is 18.4 Å². The molecule has 0 radical (unpaired) electrons. The van der Waals surface area contributed by atoms with Crippen molar-refractivity contribution in [2.45, 2.75) is 25.8 Å². The van der Waals surface area contributed by atoms with Crippen LogP contribution in [-0.2, 0) is 17.8 Å². The van der Waals surface area contributed by atoms with E-state index in [2.05, 4.69) is 27.0 Å². The maximum absolute atomic E-state index is 11.9. The van der Waals surface area contributed by atoms with Gasteiger partial charge in [-0.1, -0.05) is 0 Å².